The Morgan fingerprint density at radius 2 is 2.31 bits per heavy atom. The number of carboxylic acid groups (broad SMARTS) is 1. The molecule has 1 aromatic rings. The third-order valence-corrected chi connectivity index (χ3v) is 1.82. The monoisotopic (exact) mass is 221 g/mol. The van der Waals surface area contributed by atoms with Gasteiger partial charge in [0.05, 0.1) is 18.7 Å². The summed E-state index contributed by atoms with van der Waals surface area (Å²) in [6.07, 6.45) is 1.86. The maximum absolute atomic E-state index is 13.6. The molecule has 0 heterocycles. The highest BCUT2D eigenvalue weighted by molar-refractivity contribution is 5.85. The Bertz CT molecular complexity index is 489. The van der Waals surface area contributed by atoms with Gasteiger partial charge >= 0.3 is 5.97 Å². The van der Waals surface area contributed by atoms with Crippen LogP contribution in [-0.4, -0.2) is 18.2 Å². The Labute approximate surface area is 91.2 Å². The van der Waals surface area contributed by atoms with E-state index in [0.717, 1.165) is 12.2 Å². The van der Waals surface area contributed by atoms with Gasteiger partial charge in [0.15, 0.2) is 11.6 Å². The summed E-state index contributed by atoms with van der Waals surface area (Å²) < 4.78 is 18.3. The molecule has 0 fully saturated rings. The zero-order valence-electron chi connectivity index (χ0n) is 8.40. The van der Waals surface area contributed by atoms with Crippen molar-refractivity contribution in [3.8, 4) is 11.8 Å². The minimum absolute atomic E-state index is 0.00157. The fourth-order valence-electron chi connectivity index (χ4n) is 1.11. The number of rotatable bonds is 3. The lowest BCUT2D eigenvalue weighted by Crippen LogP contribution is -1.94. The molecule has 4 nitrogen and oxygen atoms in total. The van der Waals surface area contributed by atoms with Crippen LogP contribution >= 0.6 is 0 Å². The predicted octanol–water partition coefficient (Wildman–Crippen LogP) is 1.80. The van der Waals surface area contributed by atoms with Gasteiger partial charge in [0, 0.05) is 17.7 Å². The highest BCUT2D eigenvalue weighted by atomic mass is 19.1. The summed E-state index contributed by atoms with van der Waals surface area (Å²) in [4.78, 5) is 10.3. The highest BCUT2D eigenvalue weighted by Crippen LogP contribution is 2.23. The van der Waals surface area contributed by atoms with Crippen LogP contribution in [0.4, 0.5) is 4.39 Å². The Balaban J connectivity index is 3.27. The summed E-state index contributed by atoms with van der Waals surface area (Å²) in [6.45, 7) is 0. The van der Waals surface area contributed by atoms with Crippen molar-refractivity contribution in [1.82, 2.24) is 0 Å². The molecule has 0 saturated heterocycles. The first-order valence-electron chi connectivity index (χ1n) is 4.27. The lowest BCUT2D eigenvalue weighted by Gasteiger charge is -2.04. The first-order chi connectivity index (χ1) is 7.58. The number of benzene rings is 1. The summed E-state index contributed by atoms with van der Waals surface area (Å²) in [5.41, 5.74) is 0.196. The smallest absolute Gasteiger partial charge is 0.328 e. The molecule has 0 bridgehead atoms. The van der Waals surface area contributed by atoms with Crippen molar-refractivity contribution in [3.05, 3.63) is 35.2 Å². The molecular weight excluding hydrogens is 213 g/mol. The van der Waals surface area contributed by atoms with Crippen molar-refractivity contribution in [3.63, 3.8) is 0 Å². The topological polar surface area (TPSA) is 70.3 Å². The standard InChI is InChI=1S/C11H8FNO3/c1-16-9-5-7(6-13)4-8(11(9)12)2-3-10(14)15/h2-5H,1H3,(H,14,15)/b3-2+. The van der Waals surface area contributed by atoms with E-state index in [1.54, 1.807) is 0 Å². The molecule has 1 rings (SSSR count). The minimum atomic E-state index is -1.19. The molecule has 0 aliphatic heterocycles. The largest absolute Gasteiger partial charge is 0.494 e. The maximum Gasteiger partial charge on any atom is 0.328 e. The molecule has 0 amide bonds. The normalized spacial score (nSPS) is 10.1. The Morgan fingerprint density at radius 1 is 1.62 bits per heavy atom. The number of hydrogen-bond donors (Lipinski definition) is 1. The van der Waals surface area contributed by atoms with E-state index in [1.807, 2.05) is 6.07 Å². The van der Waals surface area contributed by atoms with Gasteiger partial charge in [-0.1, -0.05) is 0 Å². The second kappa shape index (κ2) is 4.94. The molecule has 0 spiro atoms. The van der Waals surface area contributed by atoms with E-state index in [9.17, 15) is 9.18 Å². The van der Waals surface area contributed by atoms with E-state index < -0.39 is 11.8 Å². The quantitative estimate of drug-likeness (QED) is 0.790. The second-order valence-corrected chi connectivity index (χ2v) is 2.87. The van der Waals surface area contributed by atoms with Crippen molar-refractivity contribution in [1.29, 1.82) is 5.26 Å². The Kier molecular flexibility index (Phi) is 3.62. The van der Waals surface area contributed by atoms with Gasteiger partial charge in [-0.3, -0.25) is 0 Å². The average Bonchev–Trinajstić information content (AvgIpc) is 2.27. The summed E-state index contributed by atoms with van der Waals surface area (Å²) in [6, 6.07) is 4.32. The van der Waals surface area contributed by atoms with Crippen molar-refractivity contribution in [2.75, 3.05) is 7.11 Å². The van der Waals surface area contributed by atoms with Crippen LogP contribution in [0.3, 0.4) is 0 Å². The van der Waals surface area contributed by atoms with Crippen molar-refractivity contribution >= 4 is 12.0 Å². The molecule has 0 aromatic heterocycles. The van der Waals surface area contributed by atoms with E-state index in [4.69, 9.17) is 15.1 Å². The van der Waals surface area contributed by atoms with Gasteiger partial charge in [-0.15, -0.1) is 0 Å². The number of carbonyl (C=O) groups is 1. The molecule has 0 atom stereocenters. The number of carboxylic acids is 1. The zero-order valence-corrected chi connectivity index (χ0v) is 8.40. The van der Waals surface area contributed by atoms with Gasteiger partial charge in [-0.2, -0.15) is 5.26 Å². The SMILES string of the molecule is COc1cc(C#N)cc(/C=C/C(=O)O)c1F. The Morgan fingerprint density at radius 3 is 2.81 bits per heavy atom. The van der Waals surface area contributed by atoms with Crippen LogP contribution < -0.4 is 4.74 Å². The van der Waals surface area contributed by atoms with Crippen LogP contribution in [0.25, 0.3) is 6.08 Å². The molecule has 1 N–H and O–H groups in total. The molecule has 82 valence electrons. The summed E-state index contributed by atoms with van der Waals surface area (Å²) in [5, 5.41) is 17.1. The minimum Gasteiger partial charge on any atom is -0.494 e. The first-order valence-corrected chi connectivity index (χ1v) is 4.27. The highest BCUT2D eigenvalue weighted by Gasteiger charge is 2.09. The number of halogens is 1. The van der Waals surface area contributed by atoms with Crippen LogP contribution in [-0.2, 0) is 4.79 Å². The molecule has 1 aromatic carbocycles. The number of aliphatic carboxylic acids is 1. The lowest BCUT2D eigenvalue weighted by molar-refractivity contribution is -0.131. The van der Waals surface area contributed by atoms with Crippen LogP contribution in [0.15, 0.2) is 18.2 Å². The molecule has 0 radical (unpaired) electrons. The number of ether oxygens (including phenoxy) is 1. The third-order valence-electron chi connectivity index (χ3n) is 1.82. The second-order valence-electron chi connectivity index (χ2n) is 2.87. The number of nitrogens with zero attached hydrogens (tertiary/aromatic N) is 1. The Hall–Kier alpha value is -2.35. The number of hydrogen-bond acceptors (Lipinski definition) is 3. The van der Waals surface area contributed by atoms with Gasteiger partial charge in [-0.25, -0.2) is 9.18 Å². The summed E-state index contributed by atoms with van der Waals surface area (Å²) in [7, 11) is 1.27. The number of nitriles is 1. The first kappa shape index (κ1) is 11.7. The molecule has 16 heavy (non-hydrogen) atoms. The molecule has 0 saturated carbocycles. The van der Waals surface area contributed by atoms with Crippen LogP contribution in [0.1, 0.15) is 11.1 Å². The molecular formula is C11H8FNO3. The molecule has 5 heteroatoms. The number of methoxy groups -OCH3 is 1. The van der Waals surface area contributed by atoms with Crippen molar-refractivity contribution in [2.45, 2.75) is 0 Å². The van der Waals surface area contributed by atoms with E-state index in [2.05, 4.69) is 0 Å². The van der Waals surface area contributed by atoms with Crippen LogP contribution in [0.2, 0.25) is 0 Å². The zero-order chi connectivity index (χ0) is 12.1. The fraction of sp³-hybridized carbons (Fsp3) is 0.0909. The van der Waals surface area contributed by atoms with Crippen LogP contribution in [0.5, 0.6) is 5.75 Å². The van der Waals surface area contributed by atoms with Crippen molar-refractivity contribution in [2.24, 2.45) is 0 Å². The van der Waals surface area contributed by atoms with Gasteiger partial charge in [0.2, 0.25) is 0 Å². The predicted molar refractivity (Wildman–Crippen MR) is 54.3 cm³/mol. The third kappa shape index (κ3) is 2.58. The molecule has 0 unspecified atom stereocenters. The lowest BCUT2D eigenvalue weighted by atomic mass is 10.1. The molecule has 0 aliphatic rings. The van der Waals surface area contributed by atoms with Crippen LogP contribution in [0, 0.1) is 17.1 Å². The van der Waals surface area contributed by atoms with Gasteiger partial charge in [-0.05, 0) is 12.1 Å². The maximum atomic E-state index is 13.6. The van der Waals surface area contributed by atoms with E-state index in [1.165, 1.54) is 19.2 Å². The summed E-state index contributed by atoms with van der Waals surface area (Å²) >= 11 is 0. The van der Waals surface area contributed by atoms with Gasteiger partial charge < -0.3 is 9.84 Å². The van der Waals surface area contributed by atoms with Gasteiger partial charge in [0.1, 0.15) is 0 Å². The average molecular weight is 221 g/mol. The van der Waals surface area contributed by atoms with Crippen molar-refractivity contribution < 1.29 is 19.0 Å². The fourth-order valence-corrected chi connectivity index (χ4v) is 1.11. The van der Waals surface area contributed by atoms with E-state index in [0.29, 0.717) is 0 Å². The summed E-state index contributed by atoms with van der Waals surface area (Å²) in [5.74, 6) is -1.98. The van der Waals surface area contributed by atoms with E-state index >= 15 is 0 Å². The van der Waals surface area contributed by atoms with Gasteiger partial charge in [0.25, 0.3) is 0 Å². The molecule has 0 aliphatic carbocycles. The van der Waals surface area contributed by atoms with E-state index in [-0.39, 0.29) is 16.9 Å².